The lowest BCUT2D eigenvalue weighted by Crippen LogP contribution is -2.28. The van der Waals surface area contributed by atoms with Gasteiger partial charge in [-0.1, -0.05) is 41.4 Å². The number of hydrogen-bond donors (Lipinski definition) is 1. The maximum Gasteiger partial charge on any atom is 0.338 e. The number of amides is 1. The first-order chi connectivity index (χ1) is 11.9. The highest BCUT2D eigenvalue weighted by molar-refractivity contribution is 6.32. The van der Waals surface area contributed by atoms with Crippen LogP contribution < -0.4 is 5.32 Å². The number of aryl methyl sites for hydroxylation is 1. The largest absolute Gasteiger partial charge is 0.452 e. The Labute approximate surface area is 148 Å². The number of esters is 1. The Kier molecular flexibility index (Phi) is 6.08. The van der Waals surface area contributed by atoms with E-state index in [-0.39, 0.29) is 10.6 Å². The molecule has 0 atom stereocenters. The van der Waals surface area contributed by atoms with Gasteiger partial charge in [0.25, 0.3) is 11.6 Å². The van der Waals surface area contributed by atoms with E-state index < -0.39 is 29.1 Å². The maximum atomic E-state index is 11.9. The molecule has 2 aromatic carbocycles. The second kappa shape index (κ2) is 8.25. The van der Waals surface area contributed by atoms with E-state index in [9.17, 15) is 19.7 Å². The van der Waals surface area contributed by atoms with Crippen LogP contribution in [0, 0.1) is 17.0 Å². The monoisotopic (exact) mass is 362 g/mol. The second-order valence-corrected chi connectivity index (χ2v) is 5.67. The molecule has 0 aliphatic heterocycles. The minimum absolute atomic E-state index is 0.0533. The van der Waals surface area contributed by atoms with E-state index >= 15 is 0 Å². The molecule has 0 bridgehead atoms. The first-order valence-electron chi connectivity index (χ1n) is 7.30. The molecule has 0 aromatic heterocycles. The van der Waals surface area contributed by atoms with Crippen molar-refractivity contribution in [2.45, 2.75) is 13.5 Å². The summed E-state index contributed by atoms with van der Waals surface area (Å²) >= 11 is 5.67. The van der Waals surface area contributed by atoms with Crippen LogP contribution in [0.3, 0.4) is 0 Å². The molecule has 25 heavy (non-hydrogen) atoms. The summed E-state index contributed by atoms with van der Waals surface area (Å²) in [6, 6.07) is 11.2. The van der Waals surface area contributed by atoms with Gasteiger partial charge in [0.1, 0.15) is 5.02 Å². The Balaban J connectivity index is 1.87. The smallest absolute Gasteiger partial charge is 0.338 e. The van der Waals surface area contributed by atoms with Crippen molar-refractivity contribution in [2.75, 3.05) is 6.61 Å². The first-order valence-corrected chi connectivity index (χ1v) is 7.68. The third-order valence-electron chi connectivity index (χ3n) is 3.32. The summed E-state index contributed by atoms with van der Waals surface area (Å²) in [7, 11) is 0. The van der Waals surface area contributed by atoms with Crippen molar-refractivity contribution in [3.8, 4) is 0 Å². The van der Waals surface area contributed by atoms with E-state index in [2.05, 4.69) is 5.32 Å². The van der Waals surface area contributed by atoms with Crippen molar-refractivity contribution in [1.29, 1.82) is 0 Å². The zero-order valence-electron chi connectivity index (χ0n) is 13.3. The van der Waals surface area contributed by atoms with Crippen molar-refractivity contribution in [3.63, 3.8) is 0 Å². The third kappa shape index (κ3) is 5.29. The number of benzene rings is 2. The number of nitro groups is 1. The highest BCUT2D eigenvalue weighted by Gasteiger charge is 2.17. The van der Waals surface area contributed by atoms with Crippen LogP contribution in [-0.4, -0.2) is 23.4 Å². The summed E-state index contributed by atoms with van der Waals surface area (Å²) in [5, 5.41) is 13.3. The van der Waals surface area contributed by atoms with E-state index in [1.54, 1.807) is 0 Å². The Hall–Kier alpha value is -2.93. The molecule has 2 rings (SSSR count). The van der Waals surface area contributed by atoms with Gasteiger partial charge in [-0.05, 0) is 24.6 Å². The molecular weight excluding hydrogens is 348 g/mol. The van der Waals surface area contributed by atoms with E-state index in [4.69, 9.17) is 16.3 Å². The molecule has 0 radical (unpaired) electrons. The normalized spacial score (nSPS) is 10.2. The zero-order valence-corrected chi connectivity index (χ0v) is 14.1. The average molecular weight is 363 g/mol. The van der Waals surface area contributed by atoms with Gasteiger partial charge in [-0.2, -0.15) is 0 Å². The molecule has 0 spiro atoms. The second-order valence-electron chi connectivity index (χ2n) is 5.26. The van der Waals surface area contributed by atoms with E-state index in [1.807, 2.05) is 31.2 Å². The van der Waals surface area contributed by atoms with E-state index in [0.717, 1.165) is 17.2 Å². The minimum Gasteiger partial charge on any atom is -0.452 e. The molecule has 0 fully saturated rings. The Morgan fingerprint density at radius 2 is 1.88 bits per heavy atom. The van der Waals surface area contributed by atoms with Gasteiger partial charge >= 0.3 is 5.97 Å². The van der Waals surface area contributed by atoms with Crippen LogP contribution in [0.15, 0.2) is 42.5 Å². The Morgan fingerprint density at radius 3 is 2.52 bits per heavy atom. The molecule has 0 heterocycles. The van der Waals surface area contributed by atoms with Gasteiger partial charge < -0.3 is 10.1 Å². The van der Waals surface area contributed by atoms with Crippen molar-refractivity contribution in [3.05, 3.63) is 74.3 Å². The average Bonchev–Trinajstić information content (AvgIpc) is 2.59. The topological polar surface area (TPSA) is 98.5 Å². The van der Waals surface area contributed by atoms with Gasteiger partial charge in [-0.15, -0.1) is 0 Å². The van der Waals surface area contributed by atoms with Gasteiger partial charge in [0.2, 0.25) is 0 Å². The fourth-order valence-electron chi connectivity index (χ4n) is 1.95. The molecule has 0 saturated heterocycles. The molecule has 0 unspecified atom stereocenters. The summed E-state index contributed by atoms with van der Waals surface area (Å²) in [6.45, 7) is 1.78. The minimum atomic E-state index is -0.842. The molecule has 1 amide bonds. The van der Waals surface area contributed by atoms with E-state index in [1.165, 1.54) is 12.1 Å². The maximum absolute atomic E-state index is 11.9. The highest BCUT2D eigenvalue weighted by atomic mass is 35.5. The first kappa shape index (κ1) is 18.4. The molecule has 0 aliphatic carbocycles. The number of nitro benzene ring substituents is 1. The molecule has 130 valence electrons. The van der Waals surface area contributed by atoms with Crippen molar-refractivity contribution >= 4 is 29.2 Å². The lowest BCUT2D eigenvalue weighted by atomic mass is 10.1. The summed E-state index contributed by atoms with van der Waals surface area (Å²) in [5.41, 5.74) is 1.57. The SMILES string of the molecule is Cc1ccc(CNC(=O)COC(=O)c2ccc(Cl)c([N+](=O)[O-])c2)cc1. The summed E-state index contributed by atoms with van der Waals surface area (Å²) in [4.78, 5) is 33.7. The predicted molar refractivity (Wildman–Crippen MR) is 91.4 cm³/mol. The third-order valence-corrected chi connectivity index (χ3v) is 3.64. The van der Waals surface area contributed by atoms with Crippen LogP contribution in [-0.2, 0) is 16.1 Å². The number of carbonyl (C=O) groups is 2. The summed E-state index contributed by atoms with van der Waals surface area (Å²) in [6.07, 6.45) is 0. The standard InChI is InChI=1S/C17H15ClN2O5/c1-11-2-4-12(5-3-11)9-19-16(21)10-25-17(22)13-6-7-14(18)15(8-13)20(23)24/h2-8H,9-10H2,1H3,(H,19,21). The van der Waals surface area contributed by atoms with Crippen LogP contribution in [0.25, 0.3) is 0 Å². The van der Waals surface area contributed by atoms with Gasteiger partial charge in [0.15, 0.2) is 6.61 Å². The molecule has 0 saturated carbocycles. The molecule has 1 N–H and O–H groups in total. The van der Waals surface area contributed by atoms with E-state index in [0.29, 0.717) is 6.54 Å². The fraction of sp³-hybridized carbons (Fsp3) is 0.176. The van der Waals surface area contributed by atoms with Crippen LogP contribution in [0.1, 0.15) is 21.5 Å². The lowest BCUT2D eigenvalue weighted by Gasteiger charge is -2.07. The van der Waals surface area contributed by atoms with Gasteiger partial charge in [0, 0.05) is 12.6 Å². The number of nitrogens with one attached hydrogen (secondary N) is 1. The predicted octanol–water partition coefficient (Wildman–Crippen LogP) is 3.03. The van der Waals surface area contributed by atoms with Crippen LogP contribution >= 0.6 is 11.6 Å². The van der Waals surface area contributed by atoms with Crippen molar-refractivity contribution in [1.82, 2.24) is 5.32 Å². The molecule has 0 aliphatic rings. The van der Waals surface area contributed by atoms with Crippen molar-refractivity contribution in [2.24, 2.45) is 0 Å². The number of ether oxygens (including phenoxy) is 1. The quantitative estimate of drug-likeness (QED) is 0.483. The van der Waals surface area contributed by atoms with Crippen LogP contribution in [0.5, 0.6) is 0 Å². The highest BCUT2D eigenvalue weighted by Crippen LogP contribution is 2.25. The van der Waals surface area contributed by atoms with Gasteiger partial charge in [0.05, 0.1) is 10.5 Å². The number of halogens is 1. The van der Waals surface area contributed by atoms with Crippen molar-refractivity contribution < 1.29 is 19.2 Å². The molecule has 8 heteroatoms. The number of nitrogens with zero attached hydrogens (tertiary/aromatic N) is 1. The summed E-state index contributed by atoms with van der Waals surface area (Å²) < 4.78 is 4.86. The number of carbonyl (C=O) groups excluding carboxylic acids is 2. The van der Waals surface area contributed by atoms with Gasteiger partial charge in [-0.25, -0.2) is 4.79 Å². The number of rotatable bonds is 6. The zero-order chi connectivity index (χ0) is 18.4. The van der Waals surface area contributed by atoms with Crippen LogP contribution in [0.4, 0.5) is 5.69 Å². The molecule has 7 nitrogen and oxygen atoms in total. The van der Waals surface area contributed by atoms with Crippen LogP contribution in [0.2, 0.25) is 5.02 Å². The number of hydrogen-bond acceptors (Lipinski definition) is 5. The molecule has 2 aromatic rings. The Morgan fingerprint density at radius 1 is 1.20 bits per heavy atom. The molecular formula is C17H15ClN2O5. The van der Waals surface area contributed by atoms with Gasteiger partial charge in [-0.3, -0.25) is 14.9 Å². The summed E-state index contributed by atoms with van der Waals surface area (Å²) in [5.74, 6) is -1.32. The fourth-order valence-corrected chi connectivity index (χ4v) is 2.14. The Bertz CT molecular complexity index is 805. The lowest BCUT2D eigenvalue weighted by molar-refractivity contribution is -0.384.